The molecule has 0 fully saturated rings. The van der Waals surface area contributed by atoms with Gasteiger partial charge in [-0.2, -0.15) is 0 Å². The molecule has 0 aliphatic carbocycles. The van der Waals surface area contributed by atoms with Gasteiger partial charge in [0.25, 0.3) is 0 Å². The lowest BCUT2D eigenvalue weighted by molar-refractivity contribution is 0.0366. The summed E-state index contributed by atoms with van der Waals surface area (Å²) in [6, 6.07) is 15.8. The molecule has 0 spiro atoms. The highest BCUT2D eigenvalue weighted by Gasteiger charge is 2.22. The fourth-order valence-electron chi connectivity index (χ4n) is 3.56. The van der Waals surface area contributed by atoms with E-state index in [1.54, 1.807) is 13.3 Å². The average molecular weight is 404 g/mol. The molecule has 0 atom stereocenters. The van der Waals surface area contributed by atoms with Crippen LogP contribution < -0.4 is 4.74 Å². The number of carbonyl (C=O) groups excluding carboxylic acids is 1. The highest BCUT2D eigenvalue weighted by atomic mass is 16.5. The molecule has 0 aliphatic rings. The van der Waals surface area contributed by atoms with Crippen LogP contribution in [0.15, 0.2) is 54.7 Å². The van der Waals surface area contributed by atoms with E-state index in [1.807, 2.05) is 62.4 Å². The second-order valence-electron chi connectivity index (χ2n) is 7.34. The lowest BCUT2D eigenvalue weighted by atomic mass is 10.0. The Balaban J connectivity index is 1.86. The minimum absolute atomic E-state index is 0.229. The van der Waals surface area contributed by atoms with Crippen molar-refractivity contribution in [2.24, 2.45) is 0 Å². The first-order valence-electron chi connectivity index (χ1n) is 9.87. The Morgan fingerprint density at radius 3 is 2.53 bits per heavy atom. The third-order valence-electron chi connectivity index (χ3n) is 4.79. The van der Waals surface area contributed by atoms with E-state index >= 15 is 0 Å². The number of aromatic nitrogens is 2. The van der Waals surface area contributed by atoms with Crippen LogP contribution in [0, 0.1) is 0 Å². The molecule has 4 aromatic rings. The van der Waals surface area contributed by atoms with Crippen LogP contribution >= 0.6 is 0 Å². The number of nitrogens with one attached hydrogen (secondary N) is 1. The summed E-state index contributed by atoms with van der Waals surface area (Å²) in [5, 5.41) is 1.76. The minimum Gasteiger partial charge on any atom is -0.488 e. The molecule has 0 radical (unpaired) electrons. The van der Waals surface area contributed by atoms with Gasteiger partial charge < -0.3 is 19.2 Å². The zero-order chi connectivity index (χ0) is 21.1. The molecule has 6 nitrogen and oxygen atoms in total. The number of fused-ring (bicyclic) bond motifs is 3. The molecule has 6 heteroatoms. The highest BCUT2D eigenvalue weighted by molar-refractivity contribution is 6.13. The van der Waals surface area contributed by atoms with Gasteiger partial charge in [0, 0.05) is 23.4 Å². The molecule has 154 valence electrons. The molecule has 1 N–H and O–H groups in total. The van der Waals surface area contributed by atoms with Crippen LogP contribution in [-0.2, 0) is 22.7 Å². The van der Waals surface area contributed by atoms with Crippen LogP contribution in [0.25, 0.3) is 21.8 Å². The molecule has 0 saturated heterocycles. The summed E-state index contributed by atoms with van der Waals surface area (Å²) in [4.78, 5) is 20.4. The molecule has 30 heavy (non-hydrogen) atoms. The number of benzene rings is 2. The fraction of sp³-hybridized carbons (Fsp3) is 0.250. The largest absolute Gasteiger partial charge is 0.488 e. The number of pyridine rings is 1. The molecule has 2 aromatic heterocycles. The average Bonchev–Trinajstić information content (AvgIpc) is 3.12. The summed E-state index contributed by atoms with van der Waals surface area (Å²) in [5.74, 6) is 0.269. The van der Waals surface area contributed by atoms with Gasteiger partial charge in [-0.25, -0.2) is 9.78 Å². The number of ether oxygens (including phenoxy) is 3. The van der Waals surface area contributed by atoms with Crippen LogP contribution in [0.1, 0.15) is 35.5 Å². The Bertz CT molecular complexity index is 1180. The van der Waals surface area contributed by atoms with E-state index in [0.29, 0.717) is 12.2 Å². The molecular weight excluding hydrogens is 380 g/mol. The summed E-state index contributed by atoms with van der Waals surface area (Å²) in [7, 11) is 1.60. The van der Waals surface area contributed by atoms with Crippen molar-refractivity contribution in [3.8, 4) is 5.75 Å². The standard InChI is InChI=1S/C24H24N2O4/c1-15(2)30-24(27)23-17(14-28-3)21-19(12-25-23)26-18-10-7-11-20(22(18)21)29-13-16-8-5-4-6-9-16/h4-12,15,26H,13-14H2,1-3H3. The van der Waals surface area contributed by atoms with Crippen molar-refractivity contribution in [3.05, 3.63) is 71.5 Å². The molecule has 4 rings (SSSR count). The summed E-state index contributed by atoms with van der Waals surface area (Å²) in [6.45, 7) is 4.30. The van der Waals surface area contributed by atoms with Gasteiger partial charge in [-0.1, -0.05) is 36.4 Å². The van der Waals surface area contributed by atoms with Crippen LogP contribution in [-0.4, -0.2) is 29.2 Å². The molecule has 0 bridgehead atoms. The summed E-state index contributed by atoms with van der Waals surface area (Å²) >= 11 is 0. The van der Waals surface area contributed by atoms with E-state index < -0.39 is 5.97 Å². The second kappa shape index (κ2) is 8.55. The van der Waals surface area contributed by atoms with Gasteiger partial charge in [-0.05, 0) is 31.5 Å². The normalized spacial score (nSPS) is 11.3. The number of nitrogens with zero attached hydrogens (tertiary/aromatic N) is 1. The Kier molecular flexibility index (Phi) is 5.68. The maximum Gasteiger partial charge on any atom is 0.357 e. The van der Waals surface area contributed by atoms with Gasteiger partial charge >= 0.3 is 5.97 Å². The van der Waals surface area contributed by atoms with E-state index in [1.165, 1.54) is 0 Å². The first-order chi connectivity index (χ1) is 14.6. The molecule has 2 aromatic carbocycles. The number of esters is 1. The first-order valence-corrected chi connectivity index (χ1v) is 9.87. The molecule has 0 unspecified atom stereocenters. The maximum absolute atomic E-state index is 12.7. The maximum atomic E-state index is 12.7. The van der Waals surface area contributed by atoms with Crippen LogP contribution in [0.2, 0.25) is 0 Å². The molecule has 0 aliphatic heterocycles. The molecule has 0 saturated carbocycles. The Hall–Kier alpha value is -3.38. The number of hydrogen-bond donors (Lipinski definition) is 1. The smallest absolute Gasteiger partial charge is 0.357 e. The topological polar surface area (TPSA) is 73.4 Å². The fourth-order valence-corrected chi connectivity index (χ4v) is 3.56. The monoisotopic (exact) mass is 404 g/mol. The van der Waals surface area contributed by atoms with Crippen molar-refractivity contribution in [1.29, 1.82) is 0 Å². The van der Waals surface area contributed by atoms with Gasteiger partial charge in [0.1, 0.15) is 12.4 Å². The number of aromatic amines is 1. The Morgan fingerprint density at radius 1 is 1.00 bits per heavy atom. The third-order valence-corrected chi connectivity index (χ3v) is 4.79. The number of carbonyl (C=O) groups is 1. The van der Waals surface area contributed by atoms with E-state index in [9.17, 15) is 4.79 Å². The zero-order valence-corrected chi connectivity index (χ0v) is 17.3. The van der Waals surface area contributed by atoms with Crippen molar-refractivity contribution in [3.63, 3.8) is 0 Å². The molecular formula is C24H24N2O4. The van der Waals surface area contributed by atoms with Crippen molar-refractivity contribution >= 4 is 27.8 Å². The van der Waals surface area contributed by atoms with E-state index in [-0.39, 0.29) is 18.4 Å². The predicted octanol–water partition coefficient (Wildman–Crippen LogP) is 5.01. The van der Waals surface area contributed by atoms with Crippen molar-refractivity contribution < 1.29 is 19.0 Å². The highest BCUT2D eigenvalue weighted by Crippen LogP contribution is 2.36. The first kappa shape index (κ1) is 19.9. The lowest BCUT2D eigenvalue weighted by Gasteiger charge is -2.13. The number of hydrogen-bond acceptors (Lipinski definition) is 5. The van der Waals surface area contributed by atoms with Gasteiger partial charge in [-0.15, -0.1) is 0 Å². The van der Waals surface area contributed by atoms with Gasteiger partial charge in [0.05, 0.1) is 29.9 Å². The van der Waals surface area contributed by atoms with Crippen LogP contribution in [0.4, 0.5) is 0 Å². The minimum atomic E-state index is -0.462. The van der Waals surface area contributed by atoms with Crippen LogP contribution in [0.3, 0.4) is 0 Å². The number of methoxy groups -OCH3 is 1. The molecule has 2 heterocycles. The number of rotatable bonds is 7. The Labute approximate surface area is 174 Å². The van der Waals surface area contributed by atoms with Gasteiger partial charge in [0.2, 0.25) is 0 Å². The van der Waals surface area contributed by atoms with Gasteiger partial charge in [0.15, 0.2) is 5.69 Å². The van der Waals surface area contributed by atoms with Crippen molar-refractivity contribution in [2.45, 2.75) is 33.2 Å². The molecule has 0 amide bonds. The quantitative estimate of drug-likeness (QED) is 0.439. The zero-order valence-electron chi connectivity index (χ0n) is 17.3. The van der Waals surface area contributed by atoms with Crippen molar-refractivity contribution in [1.82, 2.24) is 9.97 Å². The summed E-state index contributed by atoms with van der Waals surface area (Å²) < 4.78 is 17.0. The van der Waals surface area contributed by atoms with Crippen LogP contribution in [0.5, 0.6) is 5.75 Å². The van der Waals surface area contributed by atoms with E-state index in [0.717, 1.165) is 33.1 Å². The SMILES string of the molecule is COCc1c(C(=O)OC(C)C)ncc2[nH]c3cccc(OCc4ccccc4)c3c12. The van der Waals surface area contributed by atoms with Crippen molar-refractivity contribution in [2.75, 3.05) is 7.11 Å². The summed E-state index contributed by atoms with van der Waals surface area (Å²) in [6.07, 6.45) is 1.42. The lowest BCUT2D eigenvalue weighted by Crippen LogP contribution is -2.15. The third kappa shape index (κ3) is 3.86. The summed E-state index contributed by atoms with van der Waals surface area (Å²) in [5.41, 5.74) is 3.74. The second-order valence-corrected chi connectivity index (χ2v) is 7.34. The van der Waals surface area contributed by atoms with E-state index in [2.05, 4.69) is 9.97 Å². The van der Waals surface area contributed by atoms with E-state index in [4.69, 9.17) is 14.2 Å². The number of H-pyrrole nitrogens is 1. The van der Waals surface area contributed by atoms with Gasteiger partial charge in [-0.3, -0.25) is 0 Å². The predicted molar refractivity (Wildman–Crippen MR) is 116 cm³/mol. The Morgan fingerprint density at radius 2 is 1.80 bits per heavy atom.